The normalized spacial score (nSPS) is 10.8. The van der Waals surface area contributed by atoms with E-state index in [1.807, 2.05) is 40.9 Å². The van der Waals surface area contributed by atoms with E-state index in [4.69, 9.17) is 0 Å². The van der Waals surface area contributed by atoms with Crippen LogP contribution in [-0.4, -0.2) is 27.6 Å². The first-order valence-electron chi connectivity index (χ1n) is 8.40. The number of benzene rings is 2. The Labute approximate surface area is 151 Å². The van der Waals surface area contributed by atoms with Crippen molar-refractivity contribution >= 4 is 11.6 Å². The lowest BCUT2D eigenvalue weighted by atomic mass is 10.1. The number of pyridine rings is 1. The van der Waals surface area contributed by atoms with Crippen LogP contribution in [-0.2, 0) is 0 Å². The molecule has 2 aromatic carbocycles. The first kappa shape index (κ1) is 16.0. The van der Waals surface area contributed by atoms with Crippen LogP contribution in [0.25, 0.3) is 28.2 Å². The Balaban J connectivity index is 1.83. The molecule has 2 aromatic heterocycles. The second-order valence-electron chi connectivity index (χ2n) is 6.20. The van der Waals surface area contributed by atoms with E-state index in [1.54, 1.807) is 13.1 Å². The van der Waals surface area contributed by atoms with Gasteiger partial charge in [-0.05, 0) is 42.3 Å². The molecule has 26 heavy (non-hydrogen) atoms. The maximum Gasteiger partial charge on any atom is 0.251 e. The van der Waals surface area contributed by atoms with Crippen molar-refractivity contribution in [3.63, 3.8) is 0 Å². The minimum atomic E-state index is -0.124. The maximum atomic E-state index is 11.9. The fourth-order valence-electron chi connectivity index (χ4n) is 2.95. The van der Waals surface area contributed by atoms with Gasteiger partial charge in [0, 0.05) is 24.4 Å². The smallest absolute Gasteiger partial charge is 0.251 e. The molecule has 1 N–H and O–H groups in total. The van der Waals surface area contributed by atoms with Crippen molar-refractivity contribution in [2.24, 2.45) is 0 Å². The topological polar surface area (TPSA) is 59.3 Å². The fourth-order valence-corrected chi connectivity index (χ4v) is 2.95. The minimum absolute atomic E-state index is 0.124. The number of fused-ring (bicyclic) bond motifs is 1. The molecule has 0 unspecified atom stereocenters. The van der Waals surface area contributed by atoms with Crippen LogP contribution in [0.4, 0.5) is 0 Å². The molecule has 5 nitrogen and oxygen atoms in total. The summed E-state index contributed by atoms with van der Waals surface area (Å²) in [5, 5.41) is 11.2. The highest BCUT2D eigenvalue weighted by molar-refractivity contribution is 5.95. The van der Waals surface area contributed by atoms with Gasteiger partial charge in [-0.25, -0.2) is 0 Å². The molecule has 5 heteroatoms. The molecule has 0 saturated carbocycles. The molecular formula is C21H18N4O. The van der Waals surface area contributed by atoms with Crippen LogP contribution in [0.5, 0.6) is 0 Å². The predicted molar refractivity (Wildman–Crippen MR) is 102 cm³/mol. The lowest BCUT2D eigenvalue weighted by Crippen LogP contribution is -2.17. The molecule has 4 aromatic rings. The molecule has 0 spiro atoms. The molecule has 0 aliphatic carbocycles. The summed E-state index contributed by atoms with van der Waals surface area (Å²) in [6.07, 6.45) is 2.03. The van der Waals surface area contributed by atoms with E-state index in [-0.39, 0.29) is 5.91 Å². The predicted octanol–water partition coefficient (Wildman–Crippen LogP) is 3.73. The Morgan fingerprint density at radius 1 is 0.923 bits per heavy atom. The van der Waals surface area contributed by atoms with E-state index >= 15 is 0 Å². The third kappa shape index (κ3) is 2.84. The van der Waals surface area contributed by atoms with Crippen LogP contribution in [0.3, 0.4) is 0 Å². The van der Waals surface area contributed by atoms with Crippen molar-refractivity contribution in [1.29, 1.82) is 0 Å². The number of aryl methyl sites for hydroxylation is 1. The standard InChI is InChI=1S/C21H18N4O/c1-14-6-8-15(9-7-14)18-10-11-19-23-24-20(25(19)13-18)16-4-3-5-17(12-16)21(26)22-2/h3-13H,1-2H3,(H,22,26). The van der Waals surface area contributed by atoms with Crippen LogP contribution in [0.1, 0.15) is 15.9 Å². The largest absolute Gasteiger partial charge is 0.355 e. The molecule has 0 fully saturated rings. The van der Waals surface area contributed by atoms with E-state index in [9.17, 15) is 4.79 Å². The number of nitrogens with zero attached hydrogens (tertiary/aromatic N) is 3. The summed E-state index contributed by atoms with van der Waals surface area (Å²) in [5.74, 6) is 0.584. The van der Waals surface area contributed by atoms with Gasteiger partial charge in [-0.15, -0.1) is 10.2 Å². The van der Waals surface area contributed by atoms with Gasteiger partial charge in [0.2, 0.25) is 0 Å². The number of hydrogen-bond donors (Lipinski definition) is 1. The van der Waals surface area contributed by atoms with Gasteiger partial charge < -0.3 is 5.32 Å². The number of hydrogen-bond acceptors (Lipinski definition) is 3. The summed E-state index contributed by atoms with van der Waals surface area (Å²) in [4.78, 5) is 11.9. The van der Waals surface area contributed by atoms with Crippen molar-refractivity contribution in [3.05, 3.63) is 78.0 Å². The quantitative estimate of drug-likeness (QED) is 0.617. The number of carbonyl (C=O) groups excluding carboxylic acids is 1. The van der Waals surface area contributed by atoms with Gasteiger partial charge in [0.15, 0.2) is 11.5 Å². The van der Waals surface area contributed by atoms with Crippen molar-refractivity contribution in [2.75, 3.05) is 7.05 Å². The van der Waals surface area contributed by atoms with E-state index in [1.165, 1.54) is 5.56 Å². The molecule has 0 bridgehead atoms. The highest BCUT2D eigenvalue weighted by Gasteiger charge is 2.11. The van der Waals surface area contributed by atoms with E-state index in [0.717, 1.165) is 22.3 Å². The zero-order valence-corrected chi connectivity index (χ0v) is 14.6. The second kappa shape index (κ2) is 6.44. The van der Waals surface area contributed by atoms with Gasteiger partial charge in [0.1, 0.15) is 0 Å². The van der Waals surface area contributed by atoms with Gasteiger partial charge in [-0.3, -0.25) is 9.20 Å². The van der Waals surface area contributed by atoms with Crippen LogP contribution in [0.15, 0.2) is 66.9 Å². The highest BCUT2D eigenvalue weighted by atomic mass is 16.1. The Morgan fingerprint density at radius 3 is 2.46 bits per heavy atom. The van der Waals surface area contributed by atoms with E-state index < -0.39 is 0 Å². The molecular weight excluding hydrogens is 324 g/mol. The number of aromatic nitrogens is 3. The Bertz CT molecular complexity index is 1100. The first-order valence-corrected chi connectivity index (χ1v) is 8.40. The highest BCUT2D eigenvalue weighted by Crippen LogP contribution is 2.24. The summed E-state index contributed by atoms with van der Waals surface area (Å²) in [6, 6.07) is 19.8. The molecule has 0 aliphatic heterocycles. The molecule has 0 atom stereocenters. The second-order valence-corrected chi connectivity index (χ2v) is 6.20. The Kier molecular flexibility index (Phi) is 3.97. The summed E-state index contributed by atoms with van der Waals surface area (Å²) in [5.41, 5.74) is 5.65. The van der Waals surface area contributed by atoms with Gasteiger partial charge in [0.05, 0.1) is 0 Å². The molecule has 2 heterocycles. The van der Waals surface area contributed by atoms with Crippen molar-refractivity contribution < 1.29 is 4.79 Å². The van der Waals surface area contributed by atoms with Crippen LogP contribution in [0.2, 0.25) is 0 Å². The Hall–Kier alpha value is -3.47. The van der Waals surface area contributed by atoms with Gasteiger partial charge in [0.25, 0.3) is 5.91 Å². The zero-order chi connectivity index (χ0) is 18.1. The lowest BCUT2D eigenvalue weighted by molar-refractivity contribution is 0.0963. The number of amides is 1. The SMILES string of the molecule is CNC(=O)c1cccc(-c2nnc3ccc(-c4ccc(C)cc4)cn23)c1. The average Bonchev–Trinajstić information content (AvgIpc) is 3.11. The summed E-state index contributed by atoms with van der Waals surface area (Å²) in [6.45, 7) is 2.07. The minimum Gasteiger partial charge on any atom is -0.355 e. The van der Waals surface area contributed by atoms with Crippen LogP contribution < -0.4 is 5.32 Å². The molecule has 4 rings (SSSR count). The number of carbonyl (C=O) groups is 1. The van der Waals surface area contributed by atoms with Crippen LogP contribution >= 0.6 is 0 Å². The summed E-state index contributed by atoms with van der Waals surface area (Å²) >= 11 is 0. The first-order chi connectivity index (χ1) is 12.7. The third-order valence-corrected chi connectivity index (χ3v) is 4.40. The molecule has 0 radical (unpaired) electrons. The van der Waals surface area contributed by atoms with E-state index in [2.05, 4.69) is 46.7 Å². The average molecular weight is 342 g/mol. The Morgan fingerprint density at radius 2 is 1.69 bits per heavy atom. The van der Waals surface area contributed by atoms with Gasteiger partial charge >= 0.3 is 0 Å². The van der Waals surface area contributed by atoms with Crippen molar-refractivity contribution in [3.8, 4) is 22.5 Å². The van der Waals surface area contributed by atoms with Gasteiger partial charge in [-0.2, -0.15) is 0 Å². The number of rotatable bonds is 3. The summed E-state index contributed by atoms with van der Waals surface area (Å²) < 4.78 is 1.96. The third-order valence-electron chi connectivity index (χ3n) is 4.40. The zero-order valence-electron chi connectivity index (χ0n) is 14.6. The maximum absolute atomic E-state index is 11.9. The van der Waals surface area contributed by atoms with Gasteiger partial charge in [-0.1, -0.05) is 42.0 Å². The van der Waals surface area contributed by atoms with Crippen molar-refractivity contribution in [1.82, 2.24) is 19.9 Å². The molecule has 0 saturated heterocycles. The molecule has 0 aliphatic rings. The number of nitrogens with one attached hydrogen (secondary N) is 1. The molecule has 128 valence electrons. The summed E-state index contributed by atoms with van der Waals surface area (Å²) in [7, 11) is 1.62. The molecule has 1 amide bonds. The van der Waals surface area contributed by atoms with Crippen molar-refractivity contribution in [2.45, 2.75) is 6.92 Å². The van der Waals surface area contributed by atoms with Crippen LogP contribution in [0, 0.1) is 6.92 Å². The van der Waals surface area contributed by atoms with E-state index in [0.29, 0.717) is 11.4 Å². The fraction of sp³-hybridized carbons (Fsp3) is 0.0952. The monoisotopic (exact) mass is 342 g/mol. The lowest BCUT2D eigenvalue weighted by Gasteiger charge is -2.06.